The number of piperidine rings is 1. The van der Waals surface area contributed by atoms with Gasteiger partial charge in [0.2, 0.25) is 5.91 Å². The van der Waals surface area contributed by atoms with Crippen LogP contribution in [0.5, 0.6) is 0 Å². The highest BCUT2D eigenvalue weighted by Crippen LogP contribution is 2.35. The molecule has 3 aromatic rings. The van der Waals surface area contributed by atoms with Crippen LogP contribution in [0, 0.1) is 11.8 Å². The highest BCUT2D eigenvalue weighted by molar-refractivity contribution is 6.00. The summed E-state index contributed by atoms with van der Waals surface area (Å²) in [5.74, 6) is 1.43. The van der Waals surface area contributed by atoms with E-state index in [0.29, 0.717) is 36.9 Å². The first-order valence-corrected chi connectivity index (χ1v) is 16.7. The summed E-state index contributed by atoms with van der Waals surface area (Å²) in [7, 11) is 0. The molecule has 5 rings (SSSR count). The fourth-order valence-corrected chi connectivity index (χ4v) is 7.16. The van der Waals surface area contributed by atoms with Crippen LogP contribution in [0.4, 0.5) is 0 Å². The van der Waals surface area contributed by atoms with Crippen molar-refractivity contribution in [2.24, 2.45) is 17.6 Å². The van der Waals surface area contributed by atoms with E-state index in [1.807, 2.05) is 24.3 Å². The molecule has 2 fully saturated rings. The quantitative estimate of drug-likeness (QED) is 0.256. The van der Waals surface area contributed by atoms with Crippen molar-refractivity contribution in [3.05, 3.63) is 95.6 Å². The van der Waals surface area contributed by atoms with E-state index in [2.05, 4.69) is 83.6 Å². The Morgan fingerprint density at radius 1 is 0.909 bits per heavy atom. The Bertz CT molecular complexity index is 1360. The van der Waals surface area contributed by atoms with Crippen molar-refractivity contribution in [3.63, 3.8) is 0 Å². The second kappa shape index (κ2) is 15.5. The molecule has 1 aliphatic heterocycles. The van der Waals surface area contributed by atoms with E-state index in [0.717, 1.165) is 67.9 Å². The fraction of sp³-hybridized carbons (Fsp3) is 0.474. The molecule has 1 aliphatic carbocycles. The molecule has 44 heavy (non-hydrogen) atoms. The van der Waals surface area contributed by atoms with Crippen LogP contribution in [0.15, 0.2) is 78.9 Å². The summed E-state index contributed by atoms with van der Waals surface area (Å²) in [6.45, 7) is 8.29. The maximum atomic E-state index is 14.2. The molecule has 1 saturated heterocycles. The smallest absolute Gasteiger partial charge is 0.251 e. The van der Waals surface area contributed by atoms with Crippen LogP contribution in [0.25, 0.3) is 11.1 Å². The van der Waals surface area contributed by atoms with Gasteiger partial charge in [-0.05, 0) is 78.8 Å². The van der Waals surface area contributed by atoms with Crippen molar-refractivity contribution in [1.82, 2.24) is 15.1 Å². The molecule has 3 aromatic carbocycles. The molecule has 0 aromatic heterocycles. The van der Waals surface area contributed by atoms with E-state index < -0.39 is 0 Å². The number of hydrogen-bond acceptors (Lipinski definition) is 4. The van der Waals surface area contributed by atoms with Crippen molar-refractivity contribution in [2.45, 2.75) is 77.4 Å². The van der Waals surface area contributed by atoms with E-state index in [9.17, 15) is 9.59 Å². The summed E-state index contributed by atoms with van der Waals surface area (Å²) in [5, 5.41) is 2.91. The first-order valence-electron chi connectivity index (χ1n) is 16.7. The third kappa shape index (κ3) is 8.16. The maximum Gasteiger partial charge on any atom is 0.251 e. The standard InChI is InChI=1S/C38H50N4O2/c1-28-15-17-30(18-16-28)25-37(43)42(34-19-23-41(24-20-34)27-31-9-4-3-5-10-31)29(2)32-11-8-12-33(26-32)35-13-6-7-14-36(35)38(44)40-22-21-39/h3-14,26,28-30,34H,15-25,27,39H2,1-2H3,(H,40,44). The number of nitrogens with zero attached hydrogens (tertiary/aromatic N) is 2. The lowest BCUT2D eigenvalue weighted by Crippen LogP contribution is -2.48. The van der Waals surface area contributed by atoms with Crippen LogP contribution in [0.3, 0.4) is 0 Å². The van der Waals surface area contributed by atoms with E-state index in [1.165, 1.54) is 18.4 Å². The zero-order valence-electron chi connectivity index (χ0n) is 26.6. The second-order valence-electron chi connectivity index (χ2n) is 13.0. The van der Waals surface area contributed by atoms with Gasteiger partial charge in [0.1, 0.15) is 0 Å². The highest BCUT2D eigenvalue weighted by Gasteiger charge is 2.34. The van der Waals surface area contributed by atoms with Gasteiger partial charge in [0.25, 0.3) is 5.91 Å². The summed E-state index contributed by atoms with van der Waals surface area (Å²) >= 11 is 0. The summed E-state index contributed by atoms with van der Waals surface area (Å²) in [6, 6.07) is 27.0. The minimum atomic E-state index is -0.120. The van der Waals surface area contributed by atoms with Crippen molar-refractivity contribution in [2.75, 3.05) is 26.2 Å². The zero-order valence-corrected chi connectivity index (χ0v) is 26.6. The Hall–Kier alpha value is -3.48. The molecule has 0 bridgehead atoms. The number of carbonyl (C=O) groups is 2. The third-order valence-corrected chi connectivity index (χ3v) is 9.79. The Kier molecular flexibility index (Phi) is 11.2. The number of amides is 2. The van der Waals surface area contributed by atoms with Crippen LogP contribution in [0.2, 0.25) is 0 Å². The maximum absolute atomic E-state index is 14.2. The SMILES string of the molecule is CC1CCC(CC(=O)N(C2CCN(Cc3ccccc3)CC2)C(C)c2cccc(-c3ccccc3C(=O)NCCN)c2)CC1. The number of carbonyl (C=O) groups excluding carboxylic acids is 2. The molecule has 2 aliphatic rings. The largest absolute Gasteiger partial charge is 0.351 e. The Morgan fingerprint density at radius 3 is 2.34 bits per heavy atom. The molecule has 6 heteroatoms. The summed E-state index contributed by atoms with van der Waals surface area (Å²) < 4.78 is 0. The molecule has 1 saturated carbocycles. The monoisotopic (exact) mass is 594 g/mol. The number of benzene rings is 3. The topological polar surface area (TPSA) is 78.7 Å². The van der Waals surface area contributed by atoms with Crippen LogP contribution < -0.4 is 11.1 Å². The van der Waals surface area contributed by atoms with E-state index in [4.69, 9.17) is 5.73 Å². The van der Waals surface area contributed by atoms with Crippen LogP contribution in [0.1, 0.15) is 86.3 Å². The van der Waals surface area contributed by atoms with Crippen LogP contribution >= 0.6 is 0 Å². The molecule has 0 radical (unpaired) electrons. The number of likely N-dealkylation sites (tertiary alicyclic amines) is 1. The fourth-order valence-electron chi connectivity index (χ4n) is 7.16. The Morgan fingerprint density at radius 2 is 1.61 bits per heavy atom. The van der Waals surface area contributed by atoms with Gasteiger partial charge < -0.3 is 16.0 Å². The first kappa shape index (κ1) is 31.9. The second-order valence-corrected chi connectivity index (χ2v) is 13.0. The molecule has 1 heterocycles. The first-order chi connectivity index (χ1) is 21.4. The van der Waals surface area contributed by atoms with E-state index >= 15 is 0 Å². The lowest BCUT2D eigenvalue weighted by Gasteiger charge is -2.42. The van der Waals surface area contributed by atoms with E-state index in [-0.39, 0.29) is 18.0 Å². The zero-order chi connectivity index (χ0) is 30.9. The minimum Gasteiger partial charge on any atom is -0.351 e. The van der Waals surface area contributed by atoms with Gasteiger partial charge in [0, 0.05) is 50.7 Å². The van der Waals surface area contributed by atoms with Gasteiger partial charge in [-0.3, -0.25) is 14.5 Å². The summed E-state index contributed by atoms with van der Waals surface area (Å²) in [6.07, 6.45) is 7.37. The number of hydrogen-bond donors (Lipinski definition) is 2. The van der Waals surface area contributed by atoms with Gasteiger partial charge in [-0.1, -0.05) is 86.5 Å². The summed E-state index contributed by atoms with van der Waals surface area (Å²) in [4.78, 5) is 31.9. The van der Waals surface area contributed by atoms with Gasteiger partial charge in [0.05, 0.1) is 6.04 Å². The predicted molar refractivity (Wildman–Crippen MR) is 179 cm³/mol. The third-order valence-electron chi connectivity index (χ3n) is 9.79. The average Bonchev–Trinajstić information content (AvgIpc) is 3.06. The lowest BCUT2D eigenvalue weighted by molar-refractivity contribution is -0.138. The number of rotatable bonds is 11. The van der Waals surface area contributed by atoms with Crippen molar-refractivity contribution in [3.8, 4) is 11.1 Å². The molecule has 2 amide bonds. The van der Waals surface area contributed by atoms with Gasteiger partial charge in [0.15, 0.2) is 0 Å². The van der Waals surface area contributed by atoms with Gasteiger partial charge in [-0.15, -0.1) is 0 Å². The Balaban J connectivity index is 1.36. The van der Waals surface area contributed by atoms with Crippen molar-refractivity contribution >= 4 is 11.8 Å². The van der Waals surface area contributed by atoms with Crippen molar-refractivity contribution < 1.29 is 9.59 Å². The lowest BCUT2D eigenvalue weighted by atomic mass is 9.81. The van der Waals surface area contributed by atoms with Crippen molar-refractivity contribution in [1.29, 1.82) is 0 Å². The van der Waals surface area contributed by atoms with Gasteiger partial charge >= 0.3 is 0 Å². The van der Waals surface area contributed by atoms with Gasteiger partial charge in [-0.2, -0.15) is 0 Å². The number of nitrogens with one attached hydrogen (secondary N) is 1. The molecular formula is C38H50N4O2. The molecule has 1 atom stereocenters. The molecule has 6 nitrogen and oxygen atoms in total. The normalized spacial score (nSPS) is 20.2. The summed E-state index contributed by atoms with van der Waals surface area (Å²) in [5.41, 5.74) is 10.6. The predicted octanol–water partition coefficient (Wildman–Crippen LogP) is 6.81. The molecular weight excluding hydrogens is 544 g/mol. The molecule has 0 spiro atoms. The van der Waals surface area contributed by atoms with E-state index in [1.54, 1.807) is 0 Å². The molecule has 1 unspecified atom stereocenters. The van der Waals surface area contributed by atoms with Crippen LogP contribution in [-0.2, 0) is 11.3 Å². The van der Waals surface area contributed by atoms with Crippen LogP contribution in [-0.4, -0.2) is 53.8 Å². The average molecular weight is 595 g/mol. The molecule has 234 valence electrons. The highest BCUT2D eigenvalue weighted by atomic mass is 16.2. The van der Waals surface area contributed by atoms with Gasteiger partial charge in [-0.25, -0.2) is 0 Å². The Labute approximate surface area is 264 Å². The minimum absolute atomic E-state index is 0.0612. The molecule has 3 N–H and O–H groups in total. The number of nitrogens with two attached hydrogens (primary N) is 1.